The third-order valence-electron chi connectivity index (χ3n) is 2.82. The fraction of sp³-hybridized carbons (Fsp3) is 0.875. The highest BCUT2D eigenvalue weighted by atomic mass is 16.2. The molecule has 2 heterocycles. The van der Waals surface area contributed by atoms with E-state index in [1.54, 1.807) is 0 Å². The summed E-state index contributed by atoms with van der Waals surface area (Å²) in [5.74, 6) is 0. The Morgan fingerprint density at radius 2 is 1.92 bits per heavy atom. The molecule has 4 nitrogen and oxygen atoms in total. The molecule has 0 spiro atoms. The van der Waals surface area contributed by atoms with Crippen LogP contribution in [0.4, 0.5) is 4.79 Å². The van der Waals surface area contributed by atoms with Crippen molar-refractivity contribution >= 4 is 6.03 Å². The summed E-state index contributed by atoms with van der Waals surface area (Å²) in [6.45, 7) is 0. The van der Waals surface area contributed by atoms with Crippen molar-refractivity contribution in [2.45, 2.75) is 43.8 Å². The van der Waals surface area contributed by atoms with Gasteiger partial charge in [-0.1, -0.05) is 0 Å². The van der Waals surface area contributed by atoms with E-state index >= 15 is 0 Å². The smallest absolute Gasteiger partial charge is 0.312 e. The van der Waals surface area contributed by atoms with Crippen LogP contribution in [0.3, 0.4) is 0 Å². The molecule has 2 bridgehead atoms. The number of primary amides is 1. The van der Waals surface area contributed by atoms with Crippen LogP contribution in [0.1, 0.15) is 25.7 Å². The van der Waals surface area contributed by atoms with E-state index in [-0.39, 0.29) is 6.03 Å². The molecule has 2 aliphatic heterocycles. The third-order valence-corrected chi connectivity index (χ3v) is 2.82. The lowest BCUT2D eigenvalue weighted by Gasteiger charge is -2.28. The Kier molecular flexibility index (Phi) is 1.92. The van der Waals surface area contributed by atoms with Gasteiger partial charge in [0.15, 0.2) is 0 Å². The van der Waals surface area contributed by atoms with Crippen molar-refractivity contribution in [3.05, 3.63) is 0 Å². The first-order valence-electron chi connectivity index (χ1n) is 4.56. The molecule has 0 aromatic carbocycles. The molecular formula is C8H15N3O. The number of rotatable bonds is 1. The van der Waals surface area contributed by atoms with Gasteiger partial charge in [-0.05, 0) is 25.7 Å². The lowest BCUT2D eigenvalue weighted by Crippen LogP contribution is -2.49. The van der Waals surface area contributed by atoms with Gasteiger partial charge in [-0.2, -0.15) is 0 Å². The van der Waals surface area contributed by atoms with Crippen molar-refractivity contribution < 1.29 is 4.79 Å². The third kappa shape index (κ3) is 1.53. The SMILES string of the molecule is NC(=O)N[C@H]1C[C@H]2CC[C@@H](C1)N2. The number of fused-ring (bicyclic) bond motifs is 2. The number of urea groups is 1. The second-order valence-electron chi connectivity index (χ2n) is 3.81. The number of hydrogen-bond acceptors (Lipinski definition) is 2. The Morgan fingerprint density at radius 1 is 1.33 bits per heavy atom. The molecule has 0 saturated carbocycles. The van der Waals surface area contributed by atoms with E-state index in [1.165, 1.54) is 12.8 Å². The Balaban J connectivity index is 1.89. The summed E-state index contributed by atoms with van der Waals surface area (Å²) in [5, 5.41) is 6.28. The quantitative estimate of drug-likeness (QED) is 0.514. The number of piperidine rings is 1. The minimum atomic E-state index is -0.388. The van der Waals surface area contributed by atoms with Crippen molar-refractivity contribution in [1.82, 2.24) is 10.6 Å². The van der Waals surface area contributed by atoms with Crippen LogP contribution in [0.15, 0.2) is 0 Å². The van der Waals surface area contributed by atoms with Gasteiger partial charge in [-0.15, -0.1) is 0 Å². The first-order valence-corrected chi connectivity index (χ1v) is 4.56. The van der Waals surface area contributed by atoms with Crippen molar-refractivity contribution in [2.75, 3.05) is 0 Å². The second kappa shape index (κ2) is 2.94. The van der Waals surface area contributed by atoms with E-state index < -0.39 is 0 Å². The molecule has 0 radical (unpaired) electrons. The van der Waals surface area contributed by atoms with Crippen molar-refractivity contribution in [2.24, 2.45) is 5.73 Å². The molecule has 2 aliphatic rings. The number of amides is 2. The standard InChI is InChI=1S/C8H15N3O/c9-8(12)11-7-3-5-1-2-6(4-7)10-5/h5-7,10H,1-4H2,(H3,9,11,12)/t5-,6+,7+. The van der Waals surface area contributed by atoms with Gasteiger partial charge in [0.1, 0.15) is 0 Å². The van der Waals surface area contributed by atoms with Crippen LogP contribution in [-0.4, -0.2) is 24.2 Å². The average Bonchev–Trinajstić information content (AvgIpc) is 2.29. The Labute approximate surface area is 71.9 Å². The number of carbonyl (C=O) groups is 1. The molecule has 4 heteroatoms. The number of hydrogen-bond donors (Lipinski definition) is 3. The van der Waals surface area contributed by atoms with Crippen LogP contribution in [0.5, 0.6) is 0 Å². The number of nitrogens with two attached hydrogens (primary N) is 1. The molecule has 2 rings (SSSR count). The Bertz CT molecular complexity index is 183. The van der Waals surface area contributed by atoms with Crippen LogP contribution in [0, 0.1) is 0 Å². The second-order valence-corrected chi connectivity index (χ2v) is 3.81. The molecule has 0 aromatic heterocycles. The zero-order valence-electron chi connectivity index (χ0n) is 7.05. The molecule has 12 heavy (non-hydrogen) atoms. The van der Waals surface area contributed by atoms with Crippen molar-refractivity contribution in [3.8, 4) is 0 Å². The van der Waals surface area contributed by atoms with E-state index in [4.69, 9.17) is 5.73 Å². The topological polar surface area (TPSA) is 67.2 Å². The summed E-state index contributed by atoms with van der Waals surface area (Å²) < 4.78 is 0. The number of nitrogens with one attached hydrogen (secondary N) is 2. The Hall–Kier alpha value is -0.770. The van der Waals surface area contributed by atoms with Gasteiger partial charge in [0.25, 0.3) is 0 Å². The van der Waals surface area contributed by atoms with Gasteiger partial charge in [0.05, 0.1) is 0 Å². The molecule has 2 amide bonds. The van der Waals surface area contributed by atoms with Gasteiger partial charge in [-0.25, -0.2) is 4.79 Å². The maximum Gasteiger partial charge on any atom is 0.312 e. The lowest BCUT2D eigenvalue weighted by atomic mass is 10.0. The van der Waals surface area contributed by atoms with Crippen LogP contribution in [0.25, 0.3) is 0 Å². The van der Waals surface area contributed by atoms with Gasteiger partial charge in [0.2, 0.25) is 0 Å². The average molecular weight is 169 g/mol. The molecule has 2 saturated heterocycles. The predicted molar refractivity (Wildman–Crippen MR) is 45.7 cm³/mol. The molecule has 4 N–H and O–H groups in total. The zero-order valence-corrected chi connectivity index (χ0v) is 7.05. The molecule has 0 unspecified atom stereocenters. The van der Waals surface area contributed by atoms with E-state index in [0.29, 0.717) is 18.1 Å². The molecule has 3 atom stereocenters. The molecular weight excluding hydrogens is 154 g/mol. The monoisotopic (exact) mass is 169 g/mol. The van der Waals surface area contributed by atoms with Crippen LogP contribution in [0.2, 0.25) is 0 Å². The summed E-state index contributed by atoms with van der Waals surface area (Å²) in [5.41, 5.74) is 5.06. The van der Waals surface area contributed by atoms with Gasteiger partial charge in [0, 0.05) is 18.1 Å². The molecule has 2 fully saturated rings. The van der Waals surface area contributed by atoms with E-state index in [2.05, 4.69) is 10.6 Å². The minimum Gasteiger partial charge on any atom is -0.352 e. The fourth-order valence-corrected chi connectivity index (χ4v) is 2.38. The summed E-state index contributed by atoms with van der Waals surface area (Å²) in [4.78, 5) is 10.6. The summed E-state index contributed by atoms with van der Waals surface area (Å²) in [6.07, 6.45) is 4.59. The van der Waals surface area contributed by atoms with E-state index in [1.807, 2.05) is 0 Å². The Morgan fingerprint density at radius 3 is 2.42 bits per heavy atom. The fourth-order valence-electron chi connectivity index (χ4n) is 2.38. The number of carbonyl (C=O) groups excluding carboxylic acids is 1. The largest absolute Gasteiger partial charge is 0.352 e. The predicted octanol–water partition coefficient (Wildman–Crippen LogP) is -0.0623. The molecule has 0 aliphatic carbocycles. The first-order chi connectivity index (χ1) is 5.74. The normalized spacial score (nSPS) is 39.5. The highest BCUT2D eigenvalue weighted by Crippen LogP contribution is 2.26. The highest BCUT2D eigenvalue weighted by molar-refractivity contribution is 5.71. The molecule has 0 aromatic rings. The van der Waals surface area contributed by atoms with Crippen molar-refractivity contribution in [3.63, 3.8) is 0 Å². The molecule has 68 valence electrons. The highest BCUT2D eigenvalue weighted by Gasteiger charge is 2.33. The maximum absolute atomic E-state index is 10.6. The first kappa shape index (κ1) is 7.86. The van der Waals surface area contributed by atoms with E-state index in [0.717, 1.165) is 12.8 Å². The maximum atomic E-state index is 10.6. The summed E-state index contributed by atoms with van der Waals surface area (Å²) in [6, 6.07) is 1.14. The van der Waals surface area contributed by atoms with Gasteiger partial charge < -0.3 is 16.4 Å². The zero-order chi connectivity index (χ0) is 8.55. The van der Waals surface area contributed by atoms with Crippen LogP contribution < -0.4 is 16.4 Å². The summed E-state index contributed by atoms with van der Waals surface area (Å²) in [7, 11) is 0. The lowest BCUT2D eigenvalue weighted by molar-refractivity contribution is 0.237. The van der Waals surface area contributed by atoms with Gasteiger partial charge >= 0.3 is 6.03 Å². The van der Waals surface area contributed by atoms with Crippen LogP contribution in [-0.2, 0) is 0 Å². The van der Waals surface area contributed by atoms with Crippen molar-refractivity contribution in [1.29, 1.82) is 0 Å². The van der Waals surface area contributed by atoms with Crippen LogP contribution >= 0.6 is 0 Å². The van der Waals surface area contributed by atoms with Gasteiger partial charge in [-0.3, -0.25) is 0 Å². The summed E-state index contributed by atoms with van der Waals surface area (Å²) >= 11 is 0. The minimum absolute atomic E-state index is 0.307. The van der Waals surface area contributed by atoms with E-state index in [9.17, 15) is 4.79 Å².